The molecule has 0 saturated carbocycles. The zero-order chi connectivity index (χ0) is 17.1. The van der Waals surface area contributed by atoms with Crippen molar-refractivity contribution < 1.29 is 4.79 Å². The first kappa shape index (κ1) is 16.7. The van der Waals surface area contributed by atoms with E-state index in [0.717, 1.165) is 30.6 Å². The first-order valence-electron chi connectivity index (χ1n) is 8.75. The molecule has 2 aromatic carbocycles. The van der Waals surface area contributed by atoms with Crippen molar-refractivity contribution in [2.45, 2.75) is 32.7 Å². The van der Waals surface area contributed by atoms with Gasteiger partial charge in [-0.1, -0.05) is 49.4 Å². The number of fused-ring (bicyclic) bond motifs is 1. The second-order valence-electron chi connectivity index (χ2n) is 6.66. The van der Waals surface area contributed by atoms with Gasteiger partial charge in [-0.2, -0.15) is 0 Å². The Balaban J connectivity index is 1.98. The number of likely N-dealkylation sites (N-methyl/N-ethyl adjacent to an activating group) is 1. The van der Waals surface area contributed by atoms with Crippen molar-refractivity contribution in [3.8, 4) is 0 Å². The molecule has 1 heterocycles. The summed E-state index contributed by atoms with van der Waals surface area (Å²) in [4.78, 5) is 15.1. The van der Waals surface area contributed by atoms with E-state index >= 15 is 0 Å². The van der Waals surface area contributed by atoms with Gasteiger partial charge in [0.1, 0.15) is 0 Å². The van der Waals surface area contributed by atoms with Crippen LogP contribution in [0.25, 0.3) is 0 Å². The number of carbonyl (C=O) groups is 1. The van der Waals surface area contributed by atoms with Gasteiger partial charge in [0.2, 0.25) is 0 Å². The summed E-state index contributed by atoms with van der Waals surface area (Å²) in [5.74, 6) is 0.512. The van der Waals surface area contributed by atoms with Gasteiger partial charge < -0.3 is 10.2 Å². The maximum absolute atomic E-state index is 13.1. The molecule has 3 heteroatoms. The summed E-state index contributed by atoms with van der Waals surface area (Å²) in [5.41, 5.74) is 5.73. The maximum atomic E-state index is 13.1. The van der Waals surface area contributed by atoms with E-state index in [4.69, 9.17) is 0 Å². The van der Waals surface area contributed by atoms with Crippen LogP contribution in [0.3, 0.4) is 0 Å². The highest BCUT2D eigenvalue weighted by Crippen LogP contribution is 2.32. The minimum absolute atomic E-state index is 0.168. The lowest BCUT2D eigenvalue weighted by atomic mass is 9.84. The van der Waals surface area contributed by atoms with Crippen molar-refractivity contribution in [2.75, 3.05) is 20.1 Å². The lowest BCUT2D eigenvalue weighted by molar-refractivity contribution is 0.0706. The lowest BCUT2D eigenvalue weighted by Gasteiger charge is -2.35. The van der Waals surface area contributed by atoms with Crippen LogP contribution in [0.15, 0.2) is 42.5 Å². The van der Waals surface area contributed by atoms with E-state index in [1.54, 1.807) is 0 Å². The van der Waals surface area contributed by atoms with Gasteiger partial charge in [0.15, 0.2) is 0 Å². The van der Waals surface area contributed by atoms with Crippen molar-refractivity contribution in [1.29, 1.82) is 0 Å². The number of nitrogens with zero attached hydrogens (tertiary/aromatic N) is 1. The first-order valence-corrected chi connectivity index (χ1v) is 8.75. The average molecular weight is 322 g/mol. The molecule has 0 spiro atoms. The summed E-state index contributed by atoms with van der Waals surface area (Å²) in [5, 5.41) is 3.30. The quantitative estimate of drug-likeness (QED) is 0.913. The Morgan fingerprint density at radius 2 is 1.92 bits per heavy atom. The van der Waals surface area contributed by atoms with E-state index in [2.05, 4.69) is 43.4 Å². The minimum Gasteiger partial charge on any atom is -0.334 e. The molecule has 3 rings (SSSR count). The Labute approximate surface area is 144 Å². The fourth-order valence-corrected chi connectivity index (χ4v) is 3.68. The van der Waals surface area contributed by atoms with Gasteiger partial charge in [-0.15, -0.1) is 0 Å². The van der Waals surface area contributed by atoms with Gasteiger partial charge in [0.05, 0.1) is 0 Å². The normalized spacial score (nSPS) is 17.0. The summed E-state index contributed by atoms with van der Waals surface area (Å²) in [7, 11) is 1.98. The van der Waals surface area contributed by atoms with Crippen LogP contribution in [0, 0.1) is 6.92 Å². The molecule has 1 N–H and O–H groups in total. The fraction of sp³-hybridized carbons (Fsp3) is 0.381. The number of aryl methyl sites for hydroxylation is 2. The van der Waals surface area contributed by atoms with Gasteiger partial charge in [0, 0.05) is 31.1 Å². The third-order valence-corrected chi connectivity index (χ3v) is 4.88. The maximum Gasteiger partial charge on any atom is 0.254 e. The van der Waals surface area contributed by atoms with Crippen LogP contribution in [-0.4, -0.2) is 30.9 Å². The summed E-state index contributed by atoms with van der Waals surface area (Å²) < 4.78 is 0. The molecule has 1 aliphatic rings. The molecule has 0 radical (unpaired) electrons. The first-order chi connectivity index (χ1) is 11.6. The predicted molar refractivity (Wildman–Crippen MR) is 98.4 cm³/mol. The molecule has 126 valence electrons. The summed E-state index contributed by atoms with van der Waals surface area (Å²) in [6.45, 7) is 6.57. The molecular weight excluding hydrogens is 296 g/mol. The largest absolute Gasteiger partial charge is 0.334 e. The zero-order valence-corrected chi connectivity index (χ0v) is 14.8. The molecule has 0 bridgehead atoms. The van der Waals surface area contributed by atoms with E-state index in [1.807, 2.05) is 30.1 Å². The second-order valence-corrected chi connectivity index (χ2v) is 6.66. The average Bonchev–Trinajstić information content (AvgIpc) is 2.59. The SMILES string of the molecule is CCc1cc(C)c2c(c1)C(CNC)CN(Cc1ccccc1)C2=O. The molecule has 3 nitrogen and oxygen atoms in total. The third-order valence-electron chi connectivity index (χ3n) is 4.88. The monoisotopic (exact) mass is 322 g/mol. The van der Waals surface area contributed by atoms with Gasteiger partial charge in [-0.25, -0.2) is 0 Å². The van der Waals surface area contributed by atoms with Crippen LogP contribution in [0.1, 0.15) is 45.5 Å². The zero-order valence-electron chi connectivity index (χ0n) is 14.8. The highest BCUT2D eigenvalue weighted by molar-refractivity contribution is 5.98. The molecule has 0 aliphatic carbocycles. The highest BCUT2D eigenvalue weighted by atomic mass is 16.2. The van der Waals surface area contributed by atoms with E-state index in [0.29, 0.717) is 12.5 Å². The molecule has 2 aromatic rings. The number of carbonyl (C=O) groups excluding carboxylic acids is 1. The van der Waals surface area contributed by atoms with Crippen LogP contribution in [-0.2, 0) is 13.0 Å². The summed E-state index contributed by atoms with van der Waals surface area (Å²) >= 11 is 0. The highest BCUT2D eigenvalue weighted by Gasteiger charge is 2.32. The van der Waals surface area contributed by atoms with Crippen LogP contribution in [0.5, 0.6) is 0 Å². The van der Waals surface area contributed by atoms with Crippen LogP contribution < -0.4 is 5.32 Å². The Hall–Kier alpha value is -2.13. The van der Waals surface area contributed by atoms with E-state index < -0.39 is 0 Å². The van der Waals surface area contributed by atoms with Crippen molar-refractivity contribution >= 4 is 5.91 Å². The lowest BCUT2D eigenvalue weighted by Crippen LogP contribution is -2.42. The Morgan fingerprint density at radius 1 is 1.17 bits per heavy atom. The van der Waals surface area contributed by atoms with Crippen LogP contribution >= 0.6 is 0 Å². The predicted octanol–water partition coefficient (Wildman–Crippen LogP) is 3.52. The van der Waals surface area contributed by atoms with E-state index in [1.165, 1.54) is 16.7 Å². The molecule has 1 unspecified atom stereocenters. The van der Waals surface area contributed by atoms with Gasteiger partial charge in [-0.05, 0) is 42.6 Å². The van der Waals surface area contributed by atoms with Crippen molar-refractivity contribution in [2.24, 2.45) is 0 Å². The molecule has 1 amide bonds. The van der Waals surface area contributed by atoms with Gasteiger partial charge in [0.25, 0.3) is 5.91 Å². The summed E-state index contributed by atoms with van der Waals surface area (Å²) in [6.07, 6.45) is 1.00. The number of rotatable bonds is 5. The number of nitrogens with one attached hydrogen (secondary N) is 1. The molecule has 0 fully saturated rings. The number of hydrogen-bond donors (Lipinski definition) is 1. The second kappa shape index (κ2) is 7.18. The third kappa shape index (κ3) is 3.22. The number of amides is 1. The van der Waals surface area contributed by atoms with Gasteiger partial charge >= 0.3 is 0 Å². The standard InChI is InChI=1S/C21H26N2O/c1-4-16-10-15(2)20-19(11-16)18(12-22-3)14-23(21(20)24)13-17-8-6-5-7-9-17/h5-11,18,22H,4,12-14H2,1-3H3. The molecule has 0 saturated heterocycles. The van der Waals surface area contributed by atoms with E-state index in [-0.39, 0.29) is 5.91 Å². The summed E-state index contributed by atoms with van der Waals surface area (Å²) in [6, 6.07) is 14.6. The van der Waals surface area contributed by atoms with Crippen molar-refractivity contribution in [3.63, 3.8) is 0 Å². The molecule has 1 aliphatic heterocycles. The van der Waals surface area contributed by atoms with Crippen molar-refractivity contribution in [3.05, 3.63) is 70.3 Å². The van der Waals surface area contributed by atoms with Gasteiger partial charge in [-0.3, -0.25) is 4.79 Å². The minimum atomic E-state index is 0.168. The van der Waals surface area contributed by atoms with Crippen LogP contribution in [0.4, 0.5) is 0 Å². The van der Waals surface area contributed by atoms with Crippen LogP contribution in [0.2, 0.25) is 0 Å². The fourth-order valence-electron chi connectivity index (χ4n) is 3.68. The molecule has 1 atom stereocenters. The molecule has 24 heavy (non-hydrogen) atoms. The Kier molecular flexibility index (Phi) is 5.00. The van der Waals surface area contributed by atoms with Crippen molar-refractivity contribution in [1.82, 2.24) is 10.2 Å². The Morgan fingerprint density at radius 3 is 2.58 bits per heavy atom. The topological polar surface area (TPSA) is 32.3 Å². The van der Waals surface area contributed by atoms with E-state index in [9.17, 15) is 4.79 Å². The number of hydrogen-bond acceptors (Lipinski definition) is 2. The molecule has 0 aromatic heterocycles. The Bertz CT molecular complexity index is 724. The smallest absolute Gasteiger partial charge is 0.254 e. The molecular formula is C21H26N2O. The number of benzene rings is 2.